The van der Waals surface area contributed by atoms with Crippen LogP contribution in [0.2, 0.25) is 0 Å². The molecular formula is C17H23FN4O2. The van der Waals surface area contributed by atoms with Crippen molar-refractivity contribution in [3.8, 4) is 0 Å². The summed E-state index contributed by atoms with van der Waals surface area (Å²) >= 11 is 0. The molecule has 2 aromatic rings. The lowest BCUT2D eigenvalue weighted by Gasteiger charge is -2.14. The summed E-state index contributed by atoms with van der Waals surface area (Å²) in [5.41, 5.74) is 1.95. The first kappa shape index (κ1) is 17.8. The predicted molar refractivity (Wildman–Crippen MR) is 92.5 cm³/mol. The number of methoxy groups -OCH3 is 1. The molecule has 0 aliphatic rings. The standard InChI is InChI=1S/C17H23FN4O2/c1-11(16(23)24-3)9-22-17(19-2)20-7-6-12-10-21-15-5-4-13(18)8-14(12)15/h4-5,8,10-11,21H,6-7,9H2,1-3H3,(H2,19,20,22). The molecule has 0 saturated carbocycles. The Bertz CT molecular complexity index is 726. The van der Waals surface area contributed by atoms with Gasteiger partial charge in [-0.25, -0.2) is 4.39 Å². The third kappa shape index (κ3) is 4.47. The smallest absolute Gasteiger partial charge is 0.310 e. The van der Waals surface area contributed by atoms with Gasteiger partial charge in [-0.2, -0.15) is 0 Å². The maximum absolute atomic E-state index is 13.4. The van der Waals surface area contributed by atoms with E-state index in [0.29, 0.717) is 19.0 Å². The molecule has 1 unspecified atom stereocenters. The third-order valence-electron chi connectivity index (χ3n) is 3.82. The van der Waals surface area contributed by atoms with E-state index in [1.807, 2.05) is 6.20 Å². The Labute approximate surface area is 140 Å². The summed E-state index contributed by atoms with van der Waals surface area (Å²) in [6.07, 6.45) is 2.61. The van der Waals surface area contributed by atoms with E-state index in [0.717, 1.165) is 22.9 Å². The molecule has 1 heterocycles. The molecule has 0 saturated heterocycles. The largest absolute Gasteiger partial charge is 0.469 e. The molecule has 6 nitrogen and oxygen atoms in total. The summed E-state index contributed by atoms with van der Waals surface area (Å²) in [5, 5.41) is 7.15. The summed E-state index contributed by atoms with van der Waals surface area (Å²) < 4.78 is 18.1. The lowest BCUT2D eigenvalue weighted by atomic mass is 10.1. The number of aromatic amines is 1. The van der Waals surface area contributed by atoms with Gasteiger partial charge in [0.05, 0.1) is 13.0 Å². The van der Waals surface area contributed by atoms with Crippen molar-refractivity contribution in [2.45, 2.75) is 13.3 Å². The van der Waals surface area contributed by atoms with E-state index < -0.39 is 0 Å². The summed E-state index contributed by atoms with van der Waals surface area (Å²) in [4.78, 5) is 18.6. The van der Waals surface area contributed by atoms with Crippen LogP contribution >= 0.6 is 0 Å². The Morgan fingerprint density at radius 1 is 1.42 bits per heavy atom. The maximum Gasteiger partial charge on any atom is 0.310 e. The van der Waals surface area contributed by atoms with E-state index in [9.17, 15) is 9.18 Å². The second kappa shape index (κ2) is 8.33. The highest BCUT2D eigenvalue weighted by Gasteiger charge is 2.13. The molecule has 0 aliphatic carbocycles. The minimum atomic E-state index is -0.265. The number of nitrogens with one attached hydrogen (secondary N) is 3. The van der Waals surface area contributed by atoms with E-state index in [2.05, 4.69) is 25.3 Å². The quantitative estimate of drug-likeness (QED) is 0.428. The van der Waals surface area contributed by atoms with E-state index in [1.165, 1.54) is 19.2 Å². The molecule has 24 heavy (non-hydrogen) atoms. The minimum Gasteiger partial charge on any atom is -0.469 e. The fraction of sp³-hybridized carbons (Fsp3) is 0.412. The summed E-state index contributed by atoms with van der Waals surface area (Å²) in [6.45, 7) is 2.85. The zero-order valence-corrected chi connectivity index (χ0v) is 14.1. The molecule has 0 amide bonds. The van der Waals surface area contributed by atoms with E-state index >= 15 is 0 Å². The predicted octanol–water partition coefficient (Wildman–Crippen LogP) is 1.82. The van der Waals surface area contributed by atoms with Gasteiger partial charge in [-0.1, -0.05) is 6.92 Å². The molecule has 0 radical (unpaired) electrons. The van der Waals surface area contributed by atoms with Crippen LogP contribution in [0.25, 0.3) is 10.9 Å². The Kier molecular flexibility index (Phi) is 6.17. The number of H-pyrrole nitrogens is 1. The Morgan fingerprint density at radius 2 is 2.21 bits per heavy atom. The van der Waals surface area contributed by atoms with Gasteiger partial charge in [0.15, 0.2) is 5.96 Å². The number of fused-ring (bicyclic) bond motifs is 1. The van der Waals surface area contributed by atoms with Crippen LogP contribution in [-0.2, 0) is 16.0 Å². The highest BCUT2D eigenvalue weighted by atomic mass is 19.1. The first-order valence-corrected chi connectivity index (χ1v) is 7.83. The monoisotopic (exact) mass is 334 g/mol. The molecule has 0 spiro atoms. The number of guanidine groups is 1. The van der Waals surface area contributed by atoms with Crippen molar-refractivity contribution in [3.05, 3.63) is 35.8 Å². The van der Waals surface area contributed by atoms with Gasteiger partial charge >= 0.3 is 5.97 Å². The summed E-state index contributed by atoms with van der Waals surface area (Å²) in [7, 11) is 3.04. The van der Waals surface area contributed by atoms with Crippen molar-refractivity contribution in [2.24, 2.45) is 10.9 Å². The van der Waals surface area contributed by atoms with Crippen LogP contribution in [-0.4, -0.2) is 44.2 Å². The Morgan fingerprint density at radius 3 is 2.92 bits per heavy atom. The number of ether oxygens (including phenoxy) is 1. The topological polar surface area (TPSA) is 78.5 Å². The Balaban J connectivity index is 1.85. The van der Waals surface area contributed by atoms with E-state index in [-0.39, 0.29) is 17.7 Å². The van der Waals surface area contributed by atoms with Crippen LogP contribution in [0, 0.1) is 11.7 Å². The molecule has 2 rings (SSSR count). The van der Waals surface area contributed by atoms with Crippen molar-refractivity contribution in [2.75, 3.05) is 27.2 Å². The first-order chi connectivity index (χ1) is 11.5. The maximum atomic E-state index is 13.4. The number of aliphatic imine (C=N–C) groups is 1. The highest BCUT2D eigenvalue weighted by Crippen LogP contribution is 2.19. The third-order valence-corrected chi connectivity index (χ3v) is 3.82. The molecule has 1 aromatic heterocycles. The van der Waals surface area contributed by atoms with Crippen LogP contribution in [0.1, 0.15) is 12.5 Å². The van der Waals surface area contributed by atoms with Gasteiger partial charge in [0.2, 0.25) is 0 Å². The normalized spacial score (nSPS) is 12.9. The number of halogens is 1. The molecule has 0 fully saturated rings. The van der Waals surface area contributed by atoms with Crippen LogP contribution in [0.3, 0.4) is 0 Å². The number of hydrogen-bond donors (Lipinski definition) is 3. The number of hydrogen-bond acceptors (Lipinski definition) is 3. The van der Waals surface area contributed by atoms with Crippen LogP contribution in [0.4, 0.5) is 4.39 Å². The molecule has 7 heteroatoms. The SMILES string of the molecule is CN=C(NCCc1c[nH]c2ccc(F)cc12)NCC(C)C(=O)OC. The lowest BCUT2D eigenvalue weighted by molar-refractivity contribution is -0.144. The number of nitrogens with zero attached hydrogens (tertiary/aromatic N) is 1. The number of rotatable bonds is 6. The summed E-state index contributed by atoms with van der Waals surface area (Å²) in [5.74, 6) is -0.161. The number of aromatic nitrogens is 1. The van der Waals surface area contributed by atoms with Crippen LogP contribution in [0.5, 0.6) is 0 Å². The van der Waals surface area contributed by atoms with Gasteiger partial charge in [0.1, 0.15) is 5.82 Å². The fourth-order valence-electron chi connectivity index (χ4n) is 2.43. The van der Waals surface area contributed by atoms with Crippen molar-refractivity contribution < 1.29 is 13.9 Å². The molecular weight excluding hydrogens is 311 g/mol. The van der Waals surface area contributed by atoms with Gasteiger partial charge in [-0.05, 0) is 30.2 Å². The van der Waals surface area contributed by atoms with E-state index in [1.54, 1.807) is 20.0 Å². The number of carbonyl (C=O) groups is 1. The lowest BCUT2D eigenvalue weighted by Crippen LogP contribution is -2.41. The average molecular weight is 334 g/mol. The van der Waals surface area contributed by atoms with E-state index in [4.69, 9.17) is 0 Å². The first-order valence-electron chi connectivity index (χ1n) is 7.83. The van der Waals surface area contributed by atoms with Crippen LogP contribution < -0.4 is 10.6 Å². The second-order valence-corrected chi connectivity index (χ2v) is 5.56. The number of carbonyl (C=O) groups excluding carboxylic acids is 1. The van der Waals surface area contributed by atoms with Gasteiger partial charge in [-0.15, -0.1) is 0 Å². The van der Waals surface area contributed by atoms with Gasteiger partial charge < -0.3 is 20.4 Å². The zero-order chi connectivity index (χ0) is 17.5. The molecule has 1 aromatic carbocycles. The highest BCUT2D eigenvalue weighted by molar-refractivity contribution is 5.83. The fourth-order valence-corrected chi connectivity index (χ4v) is 2.43. The second-order valence-electron chi connectivity index (χ2n) is 5.56. The van der Waals surface area contributed by atoms with Crippen molar-refractivity contribution in [1.82, 2.24) is 15.6 Å². The minimum absolute atomic E-state index is 0.245. The number of esters is 1. The number of benzene rings is 1. The summed E-state index contributed by atoms with van der Waals surface area (Å²) in [6, 6.07) is 4.71. The molecule has 3 N–H and O–H groups in total. The van der Waals surface area contributed by atoms with Crippen molar-refractivity contribution in [3.63, 3.8) is 0 Å². The molecule has 0 aliphatic heterocycles. The average Bonchev–Trinajstić information content (AvgIpc) is 2.99. The molecule has 0 bridgehead atoms. The van der Waals surface area contributed by atoms with Crippen molar-refractivity contribution >= 4 is 22.8 Å². The Hall–Kier alpha value is -2.57. The molecule has 1 atom stereocenters. The van der Waals surface area contributed by atoms with Crippen LogP contribution in [0.15, 0.2) is 29.4 Å². The van der Waals surface area contributed by atoms with Gasteiger partial charge in [0, 0.05) is 37.2 Å². The van der Waals surface area contributed by atoms with Gasteiger partial charge in [0.25, 0.3) is 0 Å². The van der Waals surface area contributed by atoms with Gasteiger partial charge in [-0.3, -0.25) is 9.79 Å². The molecule has 130 valence electrons. The van der Waals surface area contributed by atoms with Crippen molar-refractivity contribution in [1.29, 1.82) is 0 Å². The zero-order valence-electron chi connectivity index (χ0n) is 14.1.